The summed E-state index contributed by atoms with van der Waals surface area (Å²) in [6.45, 7) is 4.44. The number of anilines is 1. The van der Waals surface area contributed by atoms with Crippen LogP contribution in [0.15, 0.2) is 42.5 Å². The molecule has 1 fully saturated rings. The van der Waals surface area contributed by atoms with E-state index in [4.69, 9.17) is 9.47 Å². The number of methoxy groups -OCH3 is 2. The molecule has 0 radical (unpaired) electrons. The van der Waals surface area contributed by atoms with Gasteiger partial charge in [-0.3, -0.25) is 9.59 Å². The third kappa shape index (κ3) is 7.37. The van der Waals surface area contributed by atoms with Gasteiger partial charge < -0.3 is 30.3 Å². The van der Waals surface area contributed by atoms with Crippen LogP contribution in [0.3, 0.4) is 0 Å². The van der Waals surface area contributed by atoms with E-state index in [1.54, 1.807) is 31.3 Å². The highest BCUT2D eigenvalue weighted by Crippen LogP contribution is 2.26. The van der Waals surface area contributed by atoms with Crippen molar-refractivity contribution < 1.29 is 23.9 Å². The van der Waals surface area contributed by atoms with Gasteiger partial charge in [-0.2, -0.15) is 0 Å². The van der Waals surface area contributed by atoms with Gasteiger partial charge >= 0.3 is 6.03 Å². The van der Waals surface area contributed by atoms with E-state index in [0.29, 0.717) is 37.4 Å². The molecule has 1 heterocycles. The van der Waals surface area contributed by atoms with E-state index in [9.17, 15) is 14.4 Å². The first-order valence-electron chi connectivity index (χ1n) is 11.7. The highest BCUT2D eigenvalue weighted by atomic mass is 16.5. The molecule has 1 aliphatic rings. The molecule has 188 valence electrons. The van der Waals surface area contributed by atoms with Gasteiger partial charge in [0.25, 0.3) is 0 Å². The molecule has 3 N–H and O–H groups in total. The van der Waals surface area contributed by atoms with Gasteiger partial charge in [0, 0.05) is 44.2 Å². The lowest BCUT2D eigenvalue weighted by molar-refractivity contribution is -0.128. The minimum absolute atomic E-state index is 0.0834. The number of amides is 4. The van der Waals surface area contributed by atoms with Gasteiger partial charge in [0.1, 0.15) is 17.5 Å². The van der Waals surface area contributed by atoms with Crippen LogP contribution in [0, 0.1) is 6.92 Å². The number of hydrogen-bond acceptors (Lipinski definition) is 5. The van der Waals surface area contributed by atoms with E-state index < -0.39 is 6.04 Å². The zero-order valence-corrected chi connectivity index (χ0v) is 20.7. The van der Waals surface area contributed by atoms with Crippen LogP contribution in [0.2, 0.25) is 0 Å². The average Bonchev–Trinajstić information content (AvgIpc) is 2.85. The Bertz CT molecular complexity index is 1030. The Kier molecular flexibility index (Phi) is 8.94. The molecule has 0 unspecified atom stereocenters. The molecule has 1 saturated heterocycles. The van der Waals surface area contributed by atoms with Crippen molar-refractivity contribution in [3.63, 3.8) is 0 Å². The van der Waals surface area contributed by atoms with E-state index in [0.717, 1.165) is 16.8 Å². The Morgan fingerprint density at radius 3 is 2.31 bits per heavy atom. The largest absolute Gasteiger partial charge is 0.497 e. The summed E-state index contributed by atoms with van der Waals surface area (Å²) in [5, 5.41) is 8.70. The van der Waals surface area contributed by atoms with Crippen molar-refractivity contribution in [2.45, 2.75) is 45.2 Å². The highest BCUT2D eigenvalue weighted by molar-refractivity contribution is 5.89. The molecule has 1 aliphatic heterocycles. The molecule has 2 aromatic carbocycles. The van der Waals surface area contributed by atoms with Crippen LogP contribution in [0.5, 0.6) is 11.5 Å². The molecular weight excluding hydrogens is 448 g/mol. The van der Waals surface area contributed by atoms with Crippen molar-refractivity contribution in [2.75, 3.05) is 32.6 Å². The van der Waals surface area contributed by atoms with Gasteiger partial charge in [0.15, 0.2) is 0 Å². The van der Waals surface area contributed by atoms with Crippen LogP contribution in [0.25, 0.3) is 0 Å². The lowest BCUT2D eigenvalue weighted by Crippen LogP contribution is -2.53. The van der Waals surface area contributed by atoms with Gasteiger partial charge in [-0.05, 0) is 43.5 Å². The first-order chi connectivity index (χ1) is 16.8. The van der Waals surface area contributed by atoms with Crippen LogP contribution < -0.4 is 25.4 Å². The summed E-state index contributed by atoms with van der Waals surface area (Å²) in [6, 6.07) is 12.0. The highest BCUT2D eigenvalue weighted by Gasteiger charge is 2.28. The predicted octanol–water partition coefficient (Wildman–Crippen LogP) is 2.87. The Balaban J connectivity index is 1.56. The zero-order valence-electron chi connectivity index (χ0n) is 20.7. The molecule has 4 amide bonds. The van der Waals surface area contributed by atoms with E-state index in [-0.39, 0.29) is 30.3 Å². The third-order valence-electron chi connectivity index (χ3n) is 6.04. The smallest absolute Gasteiger partial charge is 0.321 e. The maximum Gasteiger partial charge on any atom is 0.321 e. The molecule has 0 aliphatic carbocycles. The number of likely N-dealkylation sites (tertiary alicyclic amines) is 1. The van der Waals surface area contributed by atoms with Crippen molar-refractivity contribution in [1.29, 1.82) is 0 Å². The number of rotatable bonds is 8. The van der Waals surface area contributed by atoms with Gasteiger partial charge in [-0.25, -0.2) is 4.79 Å². The topological polar surface area (TPSA) is 109 Å². The lowest BCUT2D eigenvalue weighted by atomic mass is 10.0. The Morgan fingerprint density at radius 2 is 1.71 bits per heavy atom. The molecule has 3 rings (SSSR count). The van der Waals surface area contributed by atoms with Crippen LogP contribution in [-0.2, 0) is 16.0 Å². The molecule has 0 bridgehead atoms. The maximum absolute atomic E-state index is 13.1. The molecule has 0 spiro atoms. The monoisotopic (exact) mass is 482 g/mol. The molecule has 9 nitrogen and oxygen atoms in total. The fourth-order valence-corrected chi connectivity index (χ4v) is 4.06. The summed E-state index contributed by atoms with van der Waals surface area (Å²) >= 11 is 0. The van der Waals surface area contributed by atoms with E-state index in [1.807, 2.05) is 37.3 Å². The fraction of sp³-hybridized carbons (Fsp3) is 0.423. The zero-order chi connectivity index (χ0) is 25.4. The number of aryl methyl sites for hydroxylation is 1. The van der Waals surface area contributed by atoms with Crippen LogP contribution >= 0.6 is 0 Å². The van der Waals surface area contributed by atoms with Crippen molar-refractivity contribution in [1.82, 2.24) is 15.5 Å². The number of nitrogens with one attached hydrogen (secondary N) is 3. The quantitative estimate of drug-likeness (QED) is 0.536. The number of nitrogens with zero attached hydrogens (tertiary/aromatic N) is 1. The van der Waals surface area contributed by atoms with E-state index in [2.05, 4.69) is 16.0 Å². The summed E-state index contributed by atoms with van der Waals surface area (Å²) in [4.78, 5) is 39.2. The second kappa shape index (κ2) is 12.1. The minimum atomic E-state index is -0.752. The van der Waals surface area contributed by atoms with Gasteiger partial charge in [0.2, 0.25) is 11.8 Å². The minimum Gasteiger partial charge on any atom is -0.497 e. The second-order valence-electron chi connectivity index (χ2n) is 8.70. The number of urea groups is 1. The average molecular weight is 483 g/mol. The van der Waals surface area contributed by atoms with Gasteiger partial charge in [0.05, 0.1) is 14.2 Å². The summed E-state index contributed by atoms with van der Waals surface area (Å²) in [5.41, 5.74) is 2.66. The normalized spacial score (nSPS) is 14.6. The second-order valence-corrected chi connectivity index (χ2v) is 8.70. The van der Waals surface area contributed by atoms with Gasteiger partial charge in [-0.15, -0.1) is 0 Å². The molecule has 0 aromatic heterocycles. The van der Waals surface area contributed by atoms with Crippen molar-refractivity contribution >= 4 is 23.5 Å². The molecule has 0 saturated carbocycles. The standard InChI is InChI=1S/C26H34N4O5/c1-17-5-8-20(9-6-17)29-26(33)30-13-11-21(12-14-30)28-25(32)23(27-18(2)31)15-19-7-10-22(34-3)16-24(19)35-4/h5-10,16,21,23H,11-15H2,1-4H3,(H,27,31)(H,28,32)(H,29,33)/t23-/m1/s1. The number of ether oxygens (including phenoxy) is 2. The number of piperidine rings is 1. The number of hydrogen-bond donors (Lipinski definition) is 3. The van der Waals surface area contributed by atoms with Gasteiger partial charge in [-0.1, -0.05) is 23.8 Å². The van der Waals surface area contributed by atoms with E-state index in [1.165, 1.54) is 6.92 Å². The van der Waals surface area contributed by atoms with Crippen LogP contribution in [0.4, 0.5) is 10.5 Å². The first kappa shape index (κ1) is 25.9. The Hall–Kier alpha value is -3.75. The number of carbonyl (C=O) groups excluding carboxylic acids is 3. The number of benzene rings is 2. The third-order valence-corrected chi connectivity index (χ3v) is 6.04. The van der Waals surface area contributed by atoms with Crippen molar-refractivity contribution in [3.8, 4) is 11.5 Å². The van der Waals surface area contributed by atoms with Crippen LogP contribution in [-0.4, -0.2) is 62.1 Å². The van der Waals surface area contributed by atoms with Crippen LogP contribution in [0.1, 0.15) is 30.9 Å². The fourth-order valence-electron chi connectivity index (χ4n) is 4.06. The SMILES string of the molecule is COc1ccc(C[C@@H](NC(C)=O)C(=O)NC2CCN(C(=O)Nc3ccc(C)cc3)CC2)c(OC)c1. The molecule has 35 heavy (non-hydrogen) atoms. The lowest BCUT2D eigenvalue weighted by Gasteiger charge is -2.33. The van der Waals surface area contributed by atoms with E-state index >= 15 is 0 Å². The summed E-state index contributed by atoms with van der Waals surface area (Å²) < 4.78 is 10.7. The molecule has 1 atom stereocenters. The number of carbonyl (C=O) groups is 3. The van der Waals surface area contributed by atoms with Crippen molar-refractivity contribution in [3.05, 3.63) is 53.6 Å². The predicted molar refractivity (Wildman–Crippen MR) is 134 cm³/mol. The van der Waals surface area contributed by atoms with Crippen molar-refractivity contribution in [2.24, 2.45) is 0 Å². The summed E-state index contributed by atoms with van der Waals surface area (Å²) in [6.07, 6.45) is 1.54. The molecule has 2 aromatic rings. The summed E-state index contributed by atoms with van der Waals surface area (Å²) in [5.74, 6) is 0.672. The Labute approximate surface area is 206 Å². The Morgan fingerprint density at radius 1 is 1.03 bits per heavy atom. The molecular formula is C26H34N4O5. The maximum atomic E-state index is 13.1. The molecule has 9 heteroatoms. The first-order valence-corrected chi connectivity index (χ1v) is 11.7. The summed E-state index contributed by atoms with van der Waals surface area (Å²) in [7, 11) is 3.12.